The minimum Gasteiger partial charge on any atom is -0.454 e. The molecular weight excluding hydrogens is 751 g/mol. The van der Waals surface area contributed by atoms with Crippen molar-refractivity contribution in [3.05, 3.63) is 165 Å². The number of thiophene rings is 1. The molecule has 9 aromatic heterocycles. The molecule has 0 fully saturated rings. The maximum absolute atomic E-state index is 6.69. The molecule has 0 atom stereocenters. The van der Waals surface area contributed by atoms with Crippen molar-refractivity contribution in [3.63, 3.8) is 0 Å². The van der Waals surface area contributed by atoms with E-state index in [-0.39, 0.29) is 0 Å². The van der Waals surface area contributed by atoms with Crippen LogP contribution in [0.25, 0.3) is 108 Å². The first-order chi connectivity index (χ1) is 29.2. The molecule has 0 saturated carbocycles. The number of pyridine rings is 3. The van der Waals surface area contributed by atoms with Crippen LogP contribution in [0, 0.1) is 6.92 Å². The molecule has 59 heavy (non-hydrogen) atoms. The summed E-state index contributed by atoms with van der Waals surface area (Å²) in [6.07, 6.45) is 18.0. The van der Waals surface area contributed by atoms with Crippen LogP contribution in [0.15, 0.2) is 164 Å². The lowest BCUT2D eigenvalue weighted by molar-refractivity contribution is 0.666. The van der Waals surface area contributed by atoms with E-state index in [0.29, 0.717) is 0 Å². The van der Waals surface area contributed by atoms with Gasteiger partial charge in [-0.25, -0.2) is 19.9 Å². The highest BCUT2D eigenvalue weighted by molar-refractivity contribution is 7.26. The summed E-state index contributed by atoms with van der Waals surface area (Å²) in [6.45, 7) is 2.02. The fourth-order valence-electron chi connectivity index (χ4n) is 8.42. The van der Waals surface area contributed by atoms with E-state index in [1.54, 1.807) is 36.4 Å². The molecule has 0 amide bonds. The number of para-hydroxylation sites is 1. The molecule has 0 saturated heterocycles. The Bertz CT molecular complexity index is 3670. The molecule has 0 spiro atoms. The fraction of sp³-hybridized carbons (Fsp3) is 0.0208. The third kappa shape index (κ3) is 5.15. The van der Waals surface area contributed by atoms with Gasteiger partial charge in [-0.15, -0.1) is 11.3 Å². The van der Waals surface area contributed by atoms with Crippen LogP contribution < -0.4 is 0 Å². The standard InChI is InChI=1S/C42H22N8OS.C6H7N/c1-2-7-38-25(4-1)30-15-24(16-32(42(30)52-38)50-34-18-44-13-11-28(34)40-36(50)20-46-22-48-40)23-8-9-37-29(14-23)26-5-3-6-31(41(26)51-37)49-33-17-43-12-10-27(33)39-35(49)19-45-21-47-39;1-6-3-2-4-7-5-6/h1-22H;2-5H,1H3. The number of aromatic nitrogens is 9. The zero-order valence-corrected chi connectivity index (χ0v) is 32.2. The van der Waals surface area contributed by atoms with Crippen molar-refractivity contribution in [2.24, 2.45) is 0 Å². The number of fused-ring (bicyclic) bond motifs is 12. The van der Waals surface area contributed by atoms with Crippen molar-refractivity contribution in [1.29, 1.82) is 0 Å². The first-order valence-electron chi connectivity index (χ1n) is 19.1. The van der Waals surface area contributed by atoms with Gasteiger partial charge in [-0.2, -0.15) is 0 Å². The minimum absolute atomic E-state index is 0.791. The Morgan fingerprint density at radius 2 is 1.17 bits per heavy atom. The Balaban J connectivity index is 0.000000492. The average molecular weight is 780 g/mol. The molecule has 4 aromatic carbocycles. The van der Waals surface area contributed by atoms with Crippen molar-refractivity contribution in [2.45, 2.75) is 6.92 Å². The average Bonchev–Trinajstić information content (AvgIpc) is 4.04. The van der Waals surface area contributed by atoms with Crippen LogP contribution in [0.4, 0.5) is 0 Å². The number of hydrogen-bond donors (Lipinski definition) is 0. The lowest BCUT2D eigenvalue weighted by Crippen LogP contribution is -1.96. The molecule has 0 unspecified atom stereocenters. The fourth-order valence-corrected chi connectivity index (χ4v) is 9.61. The highest BCUT2D eigenvalue weighted by Gasteiger charge is 2.21. The molecule has 13 aromatic rings. The second-order valence-corrected chi connectivity index (χ2v) is 15.5. The van der Waals surface area contributed by atoms with Crippen molar-refractivity contribution >= 4 is 97.3 Å². The predicted molar refractivity (Wildman–Crippen MR) is 236 cm³/mol. The molecule has 278 valence electrons. The second kappa shape index (κ2) is 13.1. The summed E-state index contributed by atoms with van der Waals surface area (Å²) >= 11 is 1.80. The first-order valence-corrected chi connectivity index (χ1v) is 19.9. The van der Waals surface area contributed by atoms with E-state index in [0.717, 1.165) is 88.3 Å². The largest absolute Gasteiger partial charge is 0.454 e. The number of furan rings is 1. The predicted octanol–water partition coefficient (Wildman–Crippen LogP) is 11.6. The van der Waals surface area contributed by atoms with Crippen LogP contribution in [-0.4, -0.2) is 44.0 Å². The number of nitrogens with zero attached hydrogens (tertiary/aromatic N) is 9. The minimum atomic E-state index is 0.791. The summed E-state index contributed by atoms with van der Waals surface area (Å²) in [6, 6.07) is 34.0. The van der Waals surface area contributed by atoms with Gasteiger partial charge in [0, 0.05) is 61.8 Å². The molecule has 0 bridgehead atoms. The second-order valence-electron chi connectivity index (χ2n) is 14.4. The molecule has 0 radical (unpaired) electrons. The van der Waals surface area contributed by atoms with Crippen LogP contribution in [-0.2, 0) is 0 Å². The highest BCUT2D eigenvalue weighted by atomic mass is 32.1. The van der Waals surface area contributed by atoms with Gasteiger partial charge in [0.15, 0.2) is 5.58 Å². The van der Waals surface area contributed by atoms with E-state index in [1.807, 2.05) is 68.4 Å². The van der Waals surface area contributed by atoms with Crippen LogP contribution in [0.3, 0.4) is 0 Å². The number of rotatable bonds is 3. The van der Waals surface area contributed by atoms with E-state index in [2.05, 4.69) is 112 Å². The maximum atomic E-state index is 6.69. The molecule has 11 heteroatoms. The van der Waals surface area contributed by atoms with Crippen molar-refractivity contribution in [3.8, 4) is 22.5 Å². The summed E-state index contributed by atoms with van der Waals surface area (Å²) in [5, 5.41) is 6.55. The van der Waals surface area contributed by atoms with Crippen molar-refractivity contribution in [1.82, 2.24) is 44.0 Å². The Labute approximate surface area is 338 Å². The van der Waals surface area contributed by atoms with Gasteiger partial charge in [0.25, 0.3) is 0 Å². The maximum Gasteiger partial charge on any atom is 0.159 e. The summed E-state index contributed by atoms with van der Waals surface area (Å²) in [7, 11) is 0. The van der Waals surface area contributed by atoms with Crippen molar-refractivity contribution < 1.29 is 4.42 Å². The van der Waals surface area contributed by atoms with Gasteiger partial charge in [0.05, 0.1) is 74.0 Å². The van der Waals surface area contributed by atoms with Crippen LogP contribution >= 0.6 is 11.3 Å². The molecule has 0 aliphatic rings. The van der Waals surface area contributed by atoms with Gasteiger partial charge in [0.1, 0.15) is 18.2 Å². The summed E-state index contributed by atoms with van der Waals surface area (Å²) in [5.74, 6) is 0. The van der Waals surface area contributed by atoms with E-state index in [4.69, 9.17) is 9.40 Å². The van der Waals surface area contributed by atoms with Gasteiger partial charge >= 0.3 is 0 Å². The van der Waals surface area contributed by atoms with E-state index < -0.39 is 0 Å². The third-order valence-electron chi connectivity index (χ3n) is 11.0. The lowest BCUT2D eigenvalue weighted by Gasteiger charge is -2.12. The molecule has 0 aliphatic carbocycles. The molecular formula is C48H29N9OS. The number of benzene rings is 4. The Kier molecular flexibility index (Phi) is 7.38. The van der Waals surface area contributed by atoms with Gasteiger partial charge < -0.3 is 13.6 Å². The lowest BCUT2D eigenvalue weighted by atomic mass is 9.99. The molecule has 10 nitrogen and oxygen atoms in total. The molecule has 13 rings (SSSR count). The van der Waals surface area contributed by atoms with Crippen LogP contribution in [0.5, 0.6) is 0 Å². The van der Waals surface area contributed by atoms with Gasteiger partial charge in [0.2, 0.25) is 0 Å². The summed E-state index contributed by atoms with van der Waals surface area (Å²) in [4.78, 5) is 31.0. The summed E-state index contributed by atoms with van der Waals surface area (Å²) in [5.41, 5.74) is 12.5. The van der Waals surface area contributed by atoms with E-state index in [1.165, 1.54) is 25.7 Å². The Hall–Kier alpha value is -7.89. The van der Waals surface area contributed by atoms with Gasteiger partial charge in [-0.3, -0.25) is 15.0 Å². The zero-order valence-electron chi connectivity index (χ0n) is 31.4. The summed E-state index contributed by atoms with van der Waals surface area (Å²) < 4.78 is 13.5. The number of hydrogen-bond acceptors (Lipinski definition) is 9. The molecule has 0 aliphatic heterocycles. The van der Waals surface area contributed by atoms with Crippen molar-refractivity contribution in [2.75, 3.05) is 0 Å². The topological polar surface area (TPSA) is 113 Å². The van der Waals surface area contributed by atoms with Crippen LogP contribution in [0.1, 0.15) is 5.56 Å². The normalized spacial score (nSPS) is 11.8. The molecule has 0 N–H and O–H groups in total. The smallest absolute Gasteiger partial charge is 0.159 e. The Morgan fingerprint density at radius 1 is 0.492 bits per heavy atom. The first kappa shape index (κ1) is 33.3. The monoisotopic (exact) mass is 779 g/mol. The van der Waals surface area contributed by atoms with Gasteiger partial charge in [-0.1, -0.05) is 42.5 Å². The van der Waals surface area contributed by atoms with E-state index in [9.17, 15) is 0 Å². The zero-order chi connectivity index (χ0) is 39.0. The molecule has 9 heterocycles. The van der Waals surface area contributed by atoms with E-state index >= 15 is 0 Å². The Morgan fingerprint density at radius 3 is 1.88 bits per heavy atom. The highest BCUT2D eigenvalue weighted by Crippen LogP contribution is 2.44. The third-order valence-corrected chi connectivity index (χ3v) is 12.2. The number of aryl methyl sites for hydroxylation is 1. The SMILES string of the molecule is Cc1cccnc1.c1ccc2c(c1)sc1c(-n3c4cnccc4c4ncncc43)cc(-c3ccc4oc5c(-n6c7cnccc7c7ncncc76)cccc5c4c3)cc12. The van der Waals surface area contributed by atoms with Crippen LogP contribution in [0.2, 0.25) is 0 Å². The van der Waals surface area contributed by atoms with Gasteiger partial charge in [-0.05, 0) is 78.2 Å². The quantitative estimate of drug-likeness (QED) is 0.174.